The van der Waals surface area contributed by atoms with Crippen LogP contribution in [0.25, 0.3) is 0 Å². The van der Waals surface area contributed by atoms with Gasteiger partial charge in [0.2, 0.25) is 15.9 Å². The number of halogens is 1. The second-order valence-electron chi connectivity index (χ2n) is 4.53. The molecule has 1 amide bonds. The molecule has 0 bridgehead atoms. The highest BCUT2D eigenvalue weighted by Gasteiger charge is 2.24. The van der Waals surface area contributed by atoms with E-state index in [1.807, 2.05) is 6.26 Å². The molecule has 0 aliphatic carbocycles. The number of thioether (sulfide) groups is 1. The van der Waals surface area contributed by atoms with Gasteiger partial charge in [-0.2, -0.15) is 16.1 Å². The number of anilines is 1. The maximum absolute atomic E-state index is 12.6. The van der Waals surface area contributed by atoms with E-state index in [2.05, 4.69) is 5.32 Å². The predicted molar refractivity (Wildman–Crippen MR) is 93.2 cm³/mol. The molecule has 1 N–H and O–H groups in total. The standard InChI is InChI=1S/C14H21ClN2O3S2/c1-4-17(5-2)22(19,20)13-10-11(6-7-12(13)15)16-14(18)8-9-21-3/h6-7,10H,4-5,8-9H2,1-3H3,(H,16,18). The molecule has 5 nitrogen and oxygen atoms in total. The predicted octanol–water partition coefficient (Wildman–Crippen LogP) is 3.06. The fourth-order valence-corrected chi connectivity index (χ4v) is 4.25. The van der Waals surface area contributed by atoms with Crippen molar-refractivity contribution in [1.29, 1.82) is 0 Å². The van der Waals surface area contributed by atoms with Gasteiger partial charge in [0.25, 0.3) is 0 Å². The number of carbonyl (C=O) groups is 1. The van der Waals surface area contributed by atoms with Gasteiger partial charge in [0.15, 0.2) is 0 Å². The average molecular weight is 365 g/mol. The Kier molecular flexibility index (Phi) is 7.68. The van der Waals surface area contributed by atoms with E-state index >= 15 is 0 Å². The van der Waals surface area contributed by atoms with Crippen molar-refractivity contribution in [1.82, 2.24) is 4.31 Å². The van der Waals surface area contributed by atoms with Gasteiger partial charge in [0.05, 0.1) is 5.02 Å². The molecule has 0 unspecified atom stereocenters. The van der Waals surface area contributed by atoms with Gasteiger partial charge in [0, 0.05) is 31.0 Å². The highest BCUT2D eigenvalue weighted by Crippen LogP contribution is 2.27. The first-order chi connectivity index (χ1) is 10.4. The molecule has 0 heterocycles. The molecule has 0 atom stereocenters. The van der Waals surface area contributed by atoms with Gasteiger partial charge in [-0.15, -0.1) is 0 Å². The fraction of sp³-hybridized carbons (Fsp3) is 0.500. The highest BCUT2D eigenvalue weighted by molar-refractivity contribution is 7.98. The first kappa shape index (κ1) is 19.3. The Morgan fingerprint density at radius 3 is 2.50 bits per heavy atom. The van der Waals surface area contributed by atoms with Crippen molar-refractivity contribution < 1.29 is 13.2 Å². The van der Waals surface area contributed by atoms with Crippen molar-refractivity contribution in [2.45, 2.75) is 25.2 Å². The van der Waals surface area contributed by atoms with Crippen molar-refractivity contribution in [3.05, 3.63) is 23.2 Å². The first-order valence-electron chi connectivity index (χ1n) is 6.95. The van der Waals surface area contributed by atoms with Crippen LogP contribution < -0.4 is 5.32 Å². The Morgan fingerprint density at radius 2 is 1.95 bits per heavy atom. The normalized spacial score (nSPS) is 11.7. The van der Waals surface area contributed by atoms with Gasteiger partial charge in [0.1, 0.15) is 4.90 Å². The van der Waals surface area contributed by atoms with Crippen LogP contribution in [0.3, 0.4) is 0 Å². The molecule has 1 rings (SSSR count). The molecule has 0 aliphatic heterocycles. The van der Waals surface area contributed by atoms with Crippen LogP contribution in [0.15, 0.2) is 23.1 Å². The summed E-state index contributed by atoms with van der Waals surface area (Å²) in [7, 11) is -3.66. The molecule has 0 saturated carbocycles. The number of rotatable bonds is 8. The van der Waals surface area contributed by atoms with Crippen molar-refractivity contribution in [2.75, 3.05) is 30.4 Å². The first-order valence-corrected chi connectivity index (χ1v) is 10.2. The van der Waals surface area contributed by atoms with Crippen LogP contribution in [-0.4, -0.2) is 43.7 Å². The van der Waals surface area contributed by atoms with E-state index in [1.54, 1.807) is 31.7 Å². The van der Waals surface area contributed by atoms with Gasteiger partial charge in [-0.3, -0.25) is 4.79 Å². The van der Waals surface area contributed by atoms with E-state index in [0.717, 1.165) is 0 Å². The van der Waals surface area contributed by atoms with Crippen LogP contribution in [0.2, 0.25) is 5.02 Å². The van der Waals surface area contributed by atoms with Gasteiger partial charge >= 0.3 is 0 Å². The van der Waals surface area contributed by atoms with E-state index in [9.17, 15) is 13.2 Å². The van der Waals surface area contributed by atoms with Crippen LogP contribution in [0, 0.1) is 0 Å². The summed E-state index contributed by atoms with van der Waals surface area (Å²) in [5.41, 5.74) is 0.432. The third kappa shape index (κ3) is 4.87. The lowest BCUT2D eigenvalue weighted by atomic mass is 10.3. The van der Waals surface area contributed by atoms with E-state index in [-0.39, 0.29) is 15.8 Å². The molecule has 0 spiro atoms. The molecule has 0 aliphatic rings. The summed E-state index contributed by atoms with van der Waals surface area (Å²) >= 11 is 7.61. The van der Waals surface area contributed by atoms with Crippen molar-refractivity contribution in [2.24, 2.45) is 0 Å². The molecule has 124 valence electrons. The van der Waals surface area contributed by atoms with Crippen LogP contribution in [-0.2, 0) is 14.8 Å². The molecule has 0 fully saturated rings. The molecule has 22 heavy (non-hydrogen) atoms. The lowest BCUT2D eigenvalue weighted by Crippen LogP contribution is -2.30. The van der Waals surface area contributed by atoms with Crippen LogP contribution in [0.5, 0.6) is 0 Å². The molecular weight excluding hydrogens is 344 g/mol. The van der Waals surface area contributed by atoms with Crippen molar-refractivity contribution in [3.8, 4) is 0 Å². The lowest BCUT2D eigenvalue weighted by Gasteiger charge is -2.19. The Labute approximate surface area is 141 Å². The second kappa shape index (κ2) is 8.76. The van der Waals surface area contributed by atoms with Crippen LogP contribution in [0.1, 0.15) is 20.3 Å². The minimum Gasteiger partial charge on any atom is -0.326 e. The zero-order valence-corrected chi connectivity index (χ0v) is 15.3. The second-order valence-corrected chi connectivity index (χ2v) is 7.82. The minimum absolute atomic E-state index is 0.0144. The van der Waals surface area contributed by atoms with Gasteiger partial charge in [-0.05, 0) is 24.5 Å². The summed E-state index contributed by atoms with van der Waals surface area (Å²) < 4.78 is 26.4. The monoisotopic (exact) mass is 364 g/mol. The molecule has 0 aromatic heterocycles. The largest absolute Gasteiger partial charge is 0.326 e. The maximum Gasteiger partial charge on any atom is 0.244 e. The summed E-state index contributed by atoms with van der Waals surface area (Å²) in [6.45, 7) is 4.25. The number of nitrogens with one attached hydrogen (secondary N) is 1. The van der Waals surface area contributed by atoms with E-state index in [4.69, 9.17) is 11.6 Å². The summed E-state index contributed by atoms with van der Waals surface area (Å²) in [4.78, 5) is 11.8. The smallest absolute Gasteiger partial charge is 0.244 e. The average Bonchev–Trinajstić information content (AvgIpc) is 2.48. The summed E-state index contributed by atoms with van der Waals surface area (Å²) in [6, 6.07) is 4.50. The van der Waals surface area contributed by atoms with Gasteiger partial charge in [-0.1, -0.05) is 25.4 Å². The topological polar surface area (TPSA) is 66.5 Å². The van der Waals surface area contributed by atoms with Gasteiger partial charge < -0.3 is 5.32 Å². The lowest BCUT2D eigenvalue weighted by molar-refractivity contribution is -0.115. The Hall–Kier alpha value is -0.760. The number of sulfonamides is 1. The number of carbonyl (C=O) groups excluding carboxylic acids is 1. The Balaban J connectivity index is 3.07. The number of hydrogen-bond acceptors (Lipinski definition) is 4. The summed E-state index contributed by atoms with van der Waals surface area (Å²) in [5.74, 6) is 0.562. The SMILES string of the molecule is CCN(CC)S(=O)(=O)c1cc(NC(=O)CCSC)ccc1Cl. The van der Waals surface area contributed by atoms with E-state index in [0.29, 0.717) is 31.0 Å². The number of amides is 1. The van der Waals surface area contributed by atoms with Crippen molar-refractivity contribution >= 4 is 45.0 Å². The quantitative estimate of drug-likeness (QED) is 0.769. The fourth-order valence-electron chi connectivity index (χ4n) is 1.90. The molecule has 8 heteroatoms. The molecular formula is C14H21ClN2O3S2. The molecule has 0 radical (unpaired) electrons. The minimum atomic E-state index is -3.66. The van der Waals surface area contributed by atoms with E-state index in [1.165, 1.54) is 16.4 Å². The summed E-state index contributed by atoms with van der Waals surface area (Å²) in [6.07, 6.45) is 2.30. The molecule has 1 aromatic rings. The van der Waals surface area contributed by atoms with Crippen LogP contribution >= 0.6 is 23.4 Å². The van der Waals surface area contributed by atoms with Crippen molar-refractivity contribution in [3.63, 3.8) is 0 Å². The number of benzene rings is 1. The third-order valence-electron chi connectivity index (χ3n) is 3.07. The van der Waals surface area contributed by atoms with Crippen LogP contribution in [0.4, 0.5) is 5.69 Å². The Bertz CT molecular complexity index is 617. The maximum atomic E-state index is 12.6. The molecule has 1 aromatic carbocycles. The zero-order valence-electron chi connectivity index (χ0n) is 12.9. The highest BCUT2D eigenvalue weighted by atomic mass is 35.5. The van der Waals surface area contributed by atoms with E-state index < -0.39 is 10.0 Å². The Morgan fingerprint density at radius 1 is 1.32 bits per heavy atom. The number of hydrogen-bond donors (Lipinski definition) is 1. The van der Waals surface area contributed by atoms with Gasteiger partial charge in [-0.25, -0.2) is 8.42 Å². The molecule has 0 saturated heterocycles. The number of nitrogens with zero attached hydrogens (tertiary/aromatic N) is 1. The zero-order chi connectivity index (χ0) is 16.8. The summed E-state index contributed by atoms with van der Waals surface area (Å²) in [5, 5.41) is 2.84. The third-order valence-corrected chi connectivity index (χ3v) is 6.22.